The van der Waals surface area contributed by atoms with Gasteiger partial charge in [0.05, 0.1) is 0 Å². The lowest BCUT2D eigenvalue weighted by molar-refractivity contribution is 0.669. The normalized spacial score (nSPS) is 12.5. The van der Waals surface area contributed by atoms with E-state index in [2.05, 4.69) is 158 Å². The van der Waals surface area contributed by atoms with E-state index in [0.717, 1.165) is 21.9 Å². The SMILES string of the molecule is c1ccc2c(c1)Sc1cccc(-c3cc(-c4ccc5oc6ccccc6c5c4)cc(-c4ccc5c6ccccc6c6ccccc6c5c4)c3)c1S2. The number of para-hydroxylation sites is 1. The molecule has 0 amide bonds. The zero-order chi connectivity index (χ0) is 33.5. The van der Waals surface area contributed by atoms with Crippen LogP contribution in [0.5, 0.6) is 0 Å². The molecule has 0 bridgehead atoms. The van der Waals surface area contributed by atoms with E-state index >= 15 is 0 Å². The van der Waals surface area contributed by atoms with E-state index in [1.165, 1.54) is 85.3 Å². The Balaban J connectivity index is 1.15. The molecule has 0 saturated carbocycles. The quantitative estimate of drug-likeness (QED) is 0.172. The maximum absolute atomic E-state index is 6.22. The van der Waals surface area contributed by atoms with E-state index in [1.807, 2.05) is 35.7 Å². The highest BCUT2D eigenvalue weighted by Crippen LogP contribution is 2.52. The highest BCUT2D eigenvalue weighted by molar-refractivity contribution is 8.05. The second kappa shape index (κ2) is 11.4. The Bertz CT molecular complexity index is 3010. The maximum atomic E-state index is 6.22. The van der Waals surface area contributed by atoms with E-state index in [4.69, 9.17) is 4.42 Å². The molecule has 0 aliphatic carbocycles. The Morgan fingerprint density at radius 3 is 1.53 bits per heavy atom. The van der Waals surface area contributed by atoms with E-state index in [0.29, 0.717) is 0 Å². The molecule has 0 N–H and O–H groups in total. The standard InChI is InChI=1S/C48H28OS2/c1-2-12-37-35(10-1)36-11-3-4-13-38(36)41-27-29(20-22-39(37)41)31-24-32(30-21-23-44-42(28-30)40-14-5-6-16-43(40)49-44)26-33(25-31)34-15-9-19-47-48(34)51-46-18-8-7-17-45(46)50-47/h1-28H. The van der Waals surface area contributed by atoms with Gasteiger partial charge in [0.25, 0.3) is 0 Å². The van der Waals surface area contributed by atoms with Crippen molar-refractivity contribution in [1.82, 2.24) is 0 Å². The van der Waals surface area contributed by atoms with Crippen LogP contribution in [0.3, 0.4) is 0 Å². The van der Waals surface area contributed by atoms with E-state index in [-0.39, 0.29) is 0 Å². The summed E-state index contributed by atoms with van der Waals surface area (Å²) in [6.45, 7) is 0. The number of fused-ring (bicyclic) bond motifs is 11. The van der Waals surface area contributed by atoms with Gasteiger partial charge in [0, 0.05) is 30.4 Å². The minimum absolute atomic E-state index is 0.911. The molecule has 9 aromatic carbocycles. The van der Waals surface area contributed by atoms with Gasteiger partial charge in [0.1, 0.15) is 11.2 Å². The van der Waals surface area contributed by atoms with E-state index in [9.17, 15) is 0 Å². The largest absolute Gasteiger partial charge is 0.456 e. The summed E-state index contributed by atoms with van der Waals surface area (Å²) < 4.78 is 6.22. The highest BCUT2D eigenvalue weighted by Gasteiger charge is 2.21. The Morgan fingerprint density at radius 1 is 0.294 bits per heavy atom. The summed E-state index contributed by atoms with van der Waals surface area (Å²) in [7, 11) is 0. The summed E-state index contributed by atoms with van der Waals surface area (Å²) in [5.74, 6) is 0. The third-order valence-electron chi connectivity index (χ3n) is 10.3. The first-order chi connectivity index (χ1) is 25.2. The van der Waals surface area contributed by atoms with Crippen LogP contribution in [0.4, 0.5) is 0 Å². The van der Waals surface area contributed by atoms with Gasteiger partial charge >= 0.3 is 0 Å². The Kier molecular flexibility index (Phi) is 6.49. The van der Waals surface area contributed by atoms with Gasteiger partial charge in [-0.05, 0) is 126 Å². The van der Waals surface area contributed by atoms with E-state index < -0.39 is 0 Å². The molecule has 238 valence electrons. The molecular weight excluding hydrogens is 657 g/mol. The maximum Gasteiger partial charge on any atom is 0.135 e. The number of hydrogen-bond donors (Lipinski definition) is 0. The fourth-order valence-electron chi connectivity index (χ4n) is 7.89. The molecule has 11 rings (SSSR count). The fourth-order valence-corrected chi connectivity index (χ4v) is 10.3. The Labute approximate surface area is 303 Å². The second-order valence-corrected chi connectivity index (χ2v) is 15.4. The van der Waals surface area contributed by atoms with Crippen LogP contribution in [0.1, 0.15) is 0 Å². The van der Waals surface area contributed by atoms with Crippen LogP contribution in [0, 0.1) is 0 Å². The monoisotopic (exact) mass is 684 g/mol. The lowest BCUT2D eigenvalue weighted by Crippen LogP contribution is -1.93. The summed E-state index contributed by atoms with van der Waals surface area (Å²) in [6.07, 6.45) is 0. The number of hydrogen-bond acceptors (Lipinski definition) is 3. The summed E-state index contributed by atoms with van der Waals surface area (Å²) in [5.41, 5.74) is 9.07. The minimum atomic E-state index is 0.911. The van der Waals surface area contributed by atoms with Crippen molar-refractivity contribution in [3.63, 3.8) is 0 Å². The lowest BCUT2D eigenvalue weighted by atomic mass is 9.90. The van der Waals surface area contributed by atoms with Crippen molar-refractivity contribution in [2.24, 2.45) is 0 Å². The molecule has 0 atom stereocenters. The molecule has 0 spiro atoms. The van der Waals surface area contributed by atoms with Crippen LogP contribution in [0.2, 0.25) is 0 Å². The van der Waals surface area contributed by atoms with Gasteiger partial charge < -0.3 is 4.42 Å². The third kappa shape index (κ3) is 4.66. The number of rotatable bonds is 3. The third-order valence-corrected chi connectivity index (χ3v) is 12.9. The molecule has 0 fully saturated rings. The molecule has 0 unspecified atom stereocenters. The average molecular weight is 685 g/mol. The molecule has 1 aliphatic heterocycles. The van der Waals surface area contributed by atoms with Crippen molar-refractivity contribution >= 4 is 77.8 Å². The van der Waals surface area contributed by atoms with Crippen molar-refractivity contribution in [2.45, 2.75) is 19.6 Å². The van der Waals surface area contributed by atoms with Crippen molar-refractivity contribution < 1.29 is 4.42 Å². The predicted octanol–water partition coefficient (Wildman–Crippen LogP) is 14.7. The van der Waals surface area contributed by atoms with Crippen LogP contribution in [-0.2, 0) is 0 Å². The van der Waals surface area contributed by atoms with Gasteiger partial charge in [0.2, 0.25) is 0 Å². The second-order valence-electron chi connectivity index (χ2n) is 13.2. The highest BCUT2D eigenvalue weighted by atomic mass is 32.2. The zero-order valence-electron chi connectivity index (χ0n) is 27.4. The van der Waals surface area contributed by atoms with Crippen molar-refractivity contribution in [3.8, 4) is 33.4 Å². The lowest BCUT2D eigenvalue weighted by Gasteiger charge is -2.21. The molecule has 1 nitrogen and oxygen atoms in total. The zero-order valence-corrected chi connectivity index (χ0v) is 29.0. The van der Waals surface area contributed by atoms with Crippen molar-refractivity contribution in [1.29, 1.82) is 0 Å². The summed E-state index contributed by atoms with van der Waals surface area (Å²) in [6, 6.07) is 62.2. The summed E-state index contributed by atoms with van der Waals surface area (Å²) in [4.78, 5) is 5.25. The van der Waals surface area contributed by atoms with Crippen LogP contribution in [0.15, 0.2) is 194 Å². The van der Waals surface area contributed by atoms with Crippen LogP contribution in [-0.4, -0.2) is 0 Å². The van der Waals surface area contributed by atoms with Gasteiger partial charge in [-0.3, -0.25) is 0 Å². The molecule has 1 aromatic heterocycles. The van der Waals surface area contributed by atoms with Gasteiger partial charge in [-0.1, -0.05) is 133 Å². The topological polar surface area (TPSA) is 13.1 Å². The fraction of sp³-hybridized carbons (Fsp3) is 0. The van der Waals surface area contributed by atoms with Gasteiger partial charge in [-0.15, -0.1) is 0 Å². The van der Waals surface area contributed by atoms with Crippen LogP contribution >= 0.6 is 23.5 Å². The first-order valence-corrected chi connectivity index (χ1v) is 18.9. The molecule has 2 heterocycles. The number of benzene rings is 9. The van der Waals surface area contributed by atoms with Crippen LogP contribution < -0.4 is 0 Å². The molecule has 0 saturated heterocycles. The van der Waals surface area contributed by atoms with Crippen molar-refractivity contribution in [2.75, 3.05) is 0 Å². The molecule has 3 heteroatoms. The minimum Gasteiger partial charge on any atom is -0.456 e. The smallest absolute Gasteiger partial charge is 0.135 e. The molecule has 1 aliphatic rings. The molecule has 51 heavy (non-hydrogen) atoms. The first kappa shape index (κ1) is 29.0. The van der Waals surface area contributed by atoms with Crippen LogP contribution in [0.25, 0.3) is 87.6 Å². The Morgan fingerprint density at radius 2 is 0.804 bits per heavy atom. The molecule has 0 radical (unpaired) electrons. The van der Waals surface area contributed by atoms with Gasteiger partial charge in [0.15, 0.2) is 0 Å². The average Bonchev–Trinajstić information content (AvgIpc) is 3.57. The van der Waals surface area contributed by atoms with Gasteiger partial charge in [-0.25, -0.2) is 0 Å². The molecule has 10 aromatic rings. The van der Waals surface area contributed by atoms with E-state index in [1.54, 1.807) is 0 Å². The summed E-state index contributed by atoms with van der Waals surface area (Å²) >= 11 is 3.75. The van der Waals surface area contributed by atoms with Gasteiger partial charge in [-0.2, -0.15) is 0 Å². The number of furan rings is 1. The predicted molar refractivity (Wildman–Crippen MR) is 217 cm³/mol. The first-order valence-electron chi connectivity index (χ1n) is 17.2. The molecular formula is C48H28OS2. The Hall–Kier alpha value is -5.74. The van der Waals surface area contributed by atoms with Crippen molar-refractivity contribution in [3.05, 3.63) is 170 Å². The summed E-state index contributed by atoms with van der Waals surface area (Å²) in [5, 5.41) is 10.0.